The highest BCUT2D eigenvalue weighted by molar-refractivity contribution is 7.99. The first kappa shape index (κ1) is 23.5. The van der Waals surface area contributed by atoms with Crippen molar-refractivity contribution in [1.29, 1.82) is 0 Å². The molecule has 2 N–H and O–H groups in total. The number of hydrogen-bond donors (Lipinski definition) is 1. The van der Waals surface area contributed by atoms with Crippen LogP contribution in [0, 0.1) is 5.41 Å². The van der Waals surface area contributed by atoms with Gasteiger partial charge in [-0.2, -0.15) is 0 Å². The quantitative estimate of drug-likeness (QED) is 0.387. The van der Waals surface area contributed by atoms with E-state index in [4.69, 9.17) is 32.0 Å². The van der Waals surface area contributed by atoms with E-state index in [1.54, 1.807) is 24.8 Å². The summed E-state index contributed by atoms with van der Waals surface area (Å²) >= 11 is 8.12. The van der Waals surface area contributed by atoms with Crippen molar-refractivity contribution in [2.24, 2.45) is 11.1 Å². The molecule has 0 amide bonds. The van der Waals surface area contributed by atoms with Crippen LogP contribution in [-0.4, -0.2) is 56.8 Å². The van der Waals surface area contributed by atoms with Crippen LogP contribution in [0.2, 0.25) is 5.02 Å². The molecule has 0 bridgehead atoms. The Hall–Kier alpha value is -2.85. The molecule has 6 rings (SSSR count). The topological polar surface area (TPSA) is 103 Å². The zero-order chi connectivity index (χ0) is 24.7. The zero-order valence-corrected chi connectivity index (χ0v) is 21.4. The number of halogens is 1. The van der Waals surface area contributed by atoms with Crippen molar-refractivity contribution >= 4 is 40.2 Å². The van der Waals surface area contributed by atoms with E-state index in [0.717, 1.165) is 65.5 Å². The summed E-state index contributed by atoms with van der Waals surface area (Å²) in [5.74, 6) is 0.946. The summed E-state index contributed by atoms with van der Waals surface area (Å²) < 4.78 is 5.86. The third-order valence-corrected chi connectivity index (χ3v) is 8.79. The lowest BCUT2D eigenvalue weighted by Crippen LogP contribution is -2.50. The van der Waals surface area contributed by atoms with Crippen LogP contribution in [-0.2, 0) is 4.74 Å². The molecule has 184 valence electrons. The molecule has 0 saturated carbocycles. The van der Waals surface area contributed by atoms with Crippen molar-refractivity contribution < 1.29 is 4.74 Å². The van der Waals surface area contributed by atoms with Crippen LogP contribution < -0.4 is 10.6 Å². The Morgan fingerprint density at radius 1 is 1.06 bits per heavy atom. The maximum absolute atomic E-state index is 6.70. The number of pyridine rings is 1. The molecule has 0 radical (unpaired) electrons. The van der Waals surface area contributed by atoms with Gasteiger partial charge >= 0.3 is 0 Å². The van der Waals surface area contributed by atoms with E-state index in [1.807, 2.05) is 30.3 Å². The maximum atomic E-state index is 6.70. The minimum absolute atomic E-state index is 0.0909. The van der Waals surface area contributed by atoms with Gasteiger partial charge in [0.25, 0.3) is 0 Å². The summed E-state index contributed by atoms with van der Waals surface area (Å²) in [5, 5.41) is 1.21. The summed E-state index contributed by atoms with van der Waals surface area (Å²) in [6.07, 6.45) is 8.92. The molecule has 3 aromatic heterocycles. The molecule has 2 saturated heterocycles. The van der Waals surface area contributed by atoms with Crippen LogP contribution in [0.1, 0.15) is 19.8 Å². The first-order chi connectivity index (χ1) is 17.5. The lowest BCUT2D eigenvalue weighted by Gasteiger charge is -2.41. The highest BCUT2D eigenvalue weighted by atomic mass is 35.5. The minimum atomic E-state index is 0.0909. The van der Waals surface area contributed by atoms with Gasteiger partial charge in [0.15, 0.2) is 5.16 Å². The molecule has 0 unspecified atom stereocenters. The van der Waals surface area contributed by atoms with E-state index in [0.29, 0.717) is 10.2 Å². The number of rotatable bonds is 4. The average molecular weight is 520 g/mol. The molecule has 36 heavy (non-hydrogen) atoms. The Morgan fingerprint density at radius 3 is 2.67 bits per heavy atom. The summed E-state index contributed by atoms with van der Waals surface area (Å²) in [7, 11) is 0. The molecule has 2 aliphatic heterocycles. The van der Waals surface area contributed by atoms with Crippen molar-refractivity contribution in [3.63, 3.8) is 0 Å². The highest BCUT2D eigenvalue weighted by Gasteiger charge is 2.47. The fourth-order valence-corrected chi connectivity index (χ4v) is 6.23. The van der Waals surface area contributed by atoms with E-state index in [2.05, 4.69) is 26.8 Å². The van der Waals surface area contributed by atoms with Crippen LogP contribution in [0.3, 0.4) is 0 Å². The Labute approximate surface area is 218 Å². The van der Waals surface area contributed by atoms with Crippen molar-refractivity contribution in [2.75, 3.05) is 24.6 Å². The van der Waals surface area contributed by atoms with Gasteiger partial charge in [-0.1, -0.05) is 23.7 Å². The smallest absolute Gasteiger partial charge is 0.193 e. The number of hydrogen-bond acceptors (Lipinski definition) is 9. The highest BCUT2D eigenvalue weighted by Crippen LogP contribution is 2.42. The van der Waals surface area contributed by atoms with E-state index >= 15 is 0 Å². The fraction of sp³-hybridized carbons (Fsp3) is 0.346. The molecule has 1 spiro atoms. The van der Waals surface area contributed by atoms with Crippen LogP contribution in [0.4, 0.5) is 5.82 Å². The summed E-state index contributed by atoms with van der Waals surface area (Å²) in [4.78, 5) is 25.8. The Kier molecular flexibility index (Phi) is 6.25. The Morgan fingerprint density at radius 2 is 1.92 bits per heavy atom. The van der Waals surface area contributed by atoms with Crippen molar-refractivity contribution in [2.45, 2.75) is 42.0 Å². The number of ether oxygens (including phenoxy) is 1. The Balaban J connectivity index is 1.19. The number of fused-ring (bicyclic) bond motifs is 1. The van der Waals surface area contributed by atoms with E-state index in [1.165, 1.54) is 11.8 Å². The maximum Gasteiger partial charge on any atom is 0.193 e. The van der Waals surface area contributed by atoms with Gasteiger partial charge in [-0.3, -0.25) is 9.97 Å². The molecule has 4 aromatic rings. The molecule has 2 aliphatic rings. The molecule has 2 fully saturated rings. The number of benzene rings is 1. The first-order valence-electron chi connectivity index (χ1n) is 12.0. The second-order valence-electron chi connectivity index (χ2n) is 9.43. The zero-order valence-electron chi connectivity index (χ0n) is 19.8. The van der Waals surface area contributed by atoms with Crippen LogP contribution in [0.25, 0.3) is 22.3 Å². The molecule has 8 nitrogen and oxygen atoms in total. The summed E-state index contributed by atoms with van der Waals surface area (Å²) in [6, 6.07) is 9.98. The van der Waals surface area contributed by atoms with Gasteiger partial charge in [-0.05, 0) is 49.7 Å². The predicted octanol–water partition coefficient (Wildman–Crippen LogP) is 4.62. The standard InChI is InChI=1S/C26H26ClN7OS/c1-16-24(28)26(15-35-16)7-11-34(12-8-26)22-6-5-18-20(32-22)14-31-25(33-18)36-21-4-2-3-17(23(21)27)19-13-29-9-10-30-19/h2-6,9-10,13-14,16,24H,7-8,11-12,15,28H2,1H3/t16-,24+/m0/s1. The lowest BCUT2D eigenvalue weighted by atomic mass is 9.73. The van der Waals surface area contributed by atoms with Gasteiger partial charge in [0.05, 0.1) is 41.3 Å². The average Bonchev–Trinajstić information content (AvgIpc) is 3.19. The molecular weight excluding hydrogens is 494 g/mol. The molecule has 0 aliphatic carbocycles. The van der Waals surface area contributed by atoms with Gasteiger partial charge in [-0.15, -0.1) is 0 Å². The van der Waals surface area contributed by atoms with Crippen molar-refractivity contribution in [3.05, 3.63) is 60.1 Å². The largest absolute Gasteiger partial charge is 0.376 e. The third kappa shape index (κ3) is 4.30. The second kappa shape index (κ2) is 9.55. The third-order valence-electron chi connectivity index (χ3n) is 7.33. The van der Waals surface area contributed by atoms with Gasteiger partial charge in [-0.25, -0.2) is 15.0 Å². The molecule has 1 aromatic carbocycles. The molecule has 2 atom stereocenters. The van der Waals surface area contributed by atoms with Gasteiger partial charge < -0.3 is 15.4 Å². The van der Waals surface area contributed by atoms with Crippen molar-refractivity contribution in [1.82, 2.24) is 24.9 Å². The van der Waals surface area contributed by atoms with Gasteiger partial charge in [0.2, 0.25) is 0 Å². The second-order valence-corrected chi connectivity index (χ2v) is 10.8. The normalized spacial score (nSPS) is 21.4. The number of anilines is 1. The van der Waals surface area contributed by atoms with Crippen molar-refractivity contribution in [3.8, 4) is 11.3 Å². The number of nitrogens with zero attached hydrogens (tertiary/aromatic N) is 6. The molecule has 5 heterocycles. The fourth-order valence-electron chi connectivity index (χ4n) is 5.10. The van der Waals surface area contributed by atoms with Crippen LogP contribution in [0.5, 0.6) is 0 Å². The first-order valence-corrected chi connectivity index (χ1v) is 13.2. The Bertz CT molecular complexity index is 1400. The number of piperidine rings is 1. The minimum Gasteiger partial charge on any atom is -0.376 e. The summed E-state index contributed by atoms with van der Waals surface area (Å²) in [5.41, 5.74) is 9.68. The number of aromatic nitrogens is 5. The number of nitrogens with two attached hydrogens (primary N) is 1. The van der Waals surface area contributed by atoms with E-state index in [-0.39, 0.29) is 17.6 Å². The molecule has 10 heteroatoms. The lowest BCUT2D eigenvalue weighted by molar-refractivity contribution is 0.0974. The van der Waals surface area contributed by atoms with Crippen LogP contribution >= 0.6 is 23.4 Å². The van der Waals surface area contributed by atoms with E-state index < -0.39 is 0 Å². The van der Waals surface area contributed by atoms with Gasteiger partial charge in [0, 0.05) is 47.4 Å². The summed E-state index contributed by atoms with van der Waals surface area (Å²) in [6.45, 7) is 4.66. The molecular formula is C26H26ClN7OS. The predicted molar refractivity (Wildman–Crippen MR) is 141 cm³/mol. The van der Waals surface area contributed by atoms with E-state index in [9.17, 15) is 0 Å². The van der Waals surface area contributed by atoms with Gasteiger partial charge in [0.1, 0.15) is 11.3 Å². The van der Waals surface area contributed by atoms with Crippen LogP contribution in [0.15, 0.2) is 65.2 Å². The SMILES string of the molecule is C[C@@H]1OCC2(CCN(c3ccc4nc(Sc5cccc(-c6cnccn6)c5Cl)ncc4n3)CC2)[C@@H]1N. The monoisotopic (exact) mass is 519 g/mol.